The molecule has 1 aromatic rings. The van der Waals surface area contributed by atoms with Gasteiger partial charge in [0.05, 0.1) is 19.2 Å². The second-order valence-electron chi connectivity index (χ2n) is 5.23. The van der Waals surface area contributed by atoms with Crippen LogP contribution in [0.3, 0.4) is 0 Å². The minimum absolute atomic E-state index is 0.0784. The zero-order valence-corrected chi connectivity index (χ0v) is 11.5. The van der Waals surface area contributed by atoms with E-state index in [9.17, 15) is 9.59 Å². The van der Waals surface area contributed by atoms with Crippen molar-refractivity contribution in [2.45, 2.75) is 25.3 Å². The molecule has 0 spiro atoms. The number of rotatable bonds is 3. The number of ether oxygens (including phenoxy) is 1. The Morgan fingerprint density at radius 3 is 2.95 bits per heavy atom. The van der Waals surface area contributed by atoms with Crippen LogP contribution >= 0.6 is 0 Å². The minimum atomic E-state index is -0.245. The molecule has 1 aromatic carbocycles. The normalized spacial score (nSPS) is 25.6. The zero-order chi connectivity index (χ0) is 14.1. The molecule has 1 saturated heterocycles. The van der Waals surface area contributed by atoms with Crippen LogP contribution in [-0.4, -0.2) is 42.5 Å². The molecule has 3 rings (SSSR count). The lowest BCUT2D eigenvalue weighted by Gasteiger charge is -2.32. The number of fused-ring (bicyclic) bond motifs is 1. The quantitative estimate of drug-likeness (QED) is 0.832. The van der Waals surface area contributed by atoms with Crippen molar-refractivity contribution in [2.24, 2.45) is 0 Å². The van der Waals surface area contributed by atoms with Crippen molar-refractivity contribution in [3.63, 3.8) is 0 Å². The molecule has 2 aliphatic heterocycles. The van der Waals surface area contributed by atoms with E-state index in [4.69, 9.17) is 4.74 Å². The van der Waals surface area contributed by atoms with Crippen molar-refractivity contribution in [2.75, 3.05) is 19.7 Å². The van der Waals surface area contributed by atoms with Gasteiger partial charge in [0, 0.05) is 18.0 Å². The Bertz CT molecular complexity index is 544. The molecule has 1 N–H and O–H groups in total. The van der Waals surface area contributed by atoms with E-state index in [1.54, 1.807) is 0 Å². The molecule has 2 aliphatic rings. The number of benzene rings is 1. The molecule has 2 heterocycles. The fourth-order valence-electron chi connectivity index (χ4n) is 2.82. The van der Waals surface area contributed by atoms with Gasteiger partial charge in [-0.05, 0) is 12.5 Å². The first-order chi connectivity index (χ1) is 9.70. The van der Waals surface area contributed by atoms with Crippen LogP contribution in [0.1, 0.15) is 24.8 Å². The summed E-state index contributed by atoms with van der Waals surface area (Å²) in [6.07, 6.45) is 0.695. The summed E-state index contributed by atoms with van der Waals surface area (Å²) in [5.41, 5.74) is 1.08. The van der Waals surface area contributed by atoms with Crippen molar-refractivity contribution in [3.8, 4) is 5.75 Å². The van der Waals surface area contributed by atoms with E-state index in [1.807, 2.05) is 31.2 Å². The predicted molar refractivity (Wildman–Crippen MR) is 73.5 cm³/mol. The van der Waals surface area contributed by atoms with Gasteiger partial charge in [-0.2, -0.15) is 0 Å². The van der Waals surface area contributed by atoms with Crippen LogP contribution < -0.4 is 10.1 Å². The third kappa shape index (κ3) is 2.18. The fraction of sp³-hybridized carbons (Fsp3) is 0.467. The van der Waals surface area contributed by atoms with Crippen molar-refractivity contribution in [1.82, 2.24) is 10.2 Å². The molecule has 2 atom stereocenters. The number of hydrogen-bond acceptors (Lipinski definition) is 4. The molecule has 5 heteroatoms. The highest BCUT2D eigenvalue weighted by atomic mass is 16.5. The SMILES string of the molecule is CCC1NCC(=O)N(CC2COc3ccccc32)C1=O. The summed E-state index contributed by atoms with van der Waals surface area (Å²) in [7, 11) is 0. The number of nitrogens with one attached hydrogen (secondary N) is 1. The third-order valence-electron chi connectivity index (χ3n) is 3.97. The maximum atomic E-state index is 12.3. The first kappa shape index (κ1) is 13.1. The van der Waals surface area contributed by atoms with Crippen LogP contribution in [0, 0.1) is 0 Å². The first-order valence-corrected chi connectivity index (χ1v) is 7.00. The van der Waals surface area contributed by atoms with E-state index in [-0.39, 0.29) is 30.3 Å². The van der Waals surface area contributed by atoms with Crippen LogP contribution in [0.2, 0.25) is 0 Å². The topological polar surface area (TPSA) is 58.6 Å². The number of piperazine rings is 1. The van der Waals surface area contributed by atoms with Gasteiger partial charge >= 0.3 is 0 Å². The maximum absolute atomic E-state index is 12.3. The van der Waals surface area contributed by atoms with E-state index in [0.717, 1.165) is 11.3 Å². The number of para-hydroxylation sites is 1. The van der Waals surface area contributed by atoms with Crippen LogP contribution in [0.4, 0.5) is 0 Å². The second-order valence-corrected chi connectivity index (χ2v) is 5.23. The molecule has 0 aliphatic carbocycles. The highest BCUT2D eigenvalue weighted by Crippen LogP contribution is 2.34. The molecule has 0 radical (unpaired) electrons. The van der Waals surface area contributed by atoms with E-state index >= 15 is 0 Å². The summed E-state index contributed by atoms with van der Waals surface area (Å²) in [6, 6.07) is 7.56. The molecule has 0 bridgehead atoms. The largest absolute Gasteiger partial charge is 0.493 e. The average Bonchev–Trinajstić information content (AvgIpc) is 2.87. The maximum Gasteiger partial charge on any atom is 0.246 e. The number of imide groups is 1. The number of nitrogens with zero attached hydrogens (tertiary/aromatic N) is 1. The Morgan fingerprint density at radius 1 is 1.35 bits per heavy atom. The molecule has 2 amide bonds. The average molecular weight is 274 g/mol. The van der Waals surface area contributed by atoms with E-state index in [2.05, 4.69) is 5.32 Å². The Hall–Kier alpha value is -1.88. The summed E-state index contributed by atoms with van der Waals surface area (Å²) in [6.45, 7) is 3.12. The first-order valence-electron chi connectivity index (χ1n) is 7.00. The predicted octanol–water partition coefficient (Wildman–Crippen LogP) is 0.900. The number of carbonyl (C=O) groups is 2. The van der Waals surface area contributed by atoms with Gasteiger partial charge in [0.25, 0.3) is 0 Å². The van der Waals surface area contributed by atoms with E-state index in [0.29, 0.717) is 19.6 Å². The lowest BCUT2D eigenvalue weighted by molar-refractivity contribution is -0.149. The molecular formula is C15H18N2O3. The highest BCUT2D eigenvalue weighted by Gasteiger charge is 2.36. The second kappa shape index (κ2) is 5.25. The van der Waals surface area contributed by atoms with Crippen molar-refractivity contribution < 1.29 is 14.3 Å². The van der Waals surface area contributed by atoms with Gasteiger partial charge in [-0.15, -0.1) is 0 Å². The standard InChI is InChI=1S/C15H18N2O3/c1-2-12-15(19)17(14(18)7-16-12)8-10-9-20-13-6-4-3-5-11(10)13/h3-6,10,12,16H,2,7-9H2,1H3. The number of carbonyl (C=O) groups excluding carboxylic acids is 2. The van der Waals surface area contributed by atoms with Crippen LogP contribution in [0.5, 0.6) is 5.75 Å². The summed E-state index contributed by atoms with van der Waals surface area (Å²) >= 11 is 0. The summed E-state index contributed by atoms with van der Waals surface area (Å²) in [4.78, 5) is 25.6. The monoisotopic (exact) mass is 274 g/mol. The van der Waals surface area contributed by atoms with E-state index < -0.39 is 0 Å². The van der Waals surface area contributed by atoms with Gasteiger partial charge in [-0.25, -0.2) is 0 Å². The smallest absolute Gasteiger partial charge is 0.246 e. The third-order valence-corrected chi connectivity index (χ3v) is 3.97. The Morgan fingerprint density at radius 2 is 2.15 bits per heavy atom. The molecule has 0 aromatic heterocycles. The van der Waals surface area contributed by atoms with Gasteiger partial charge in [-0.1, -0.05) is 25.1 Å². The molecule has 2 unspecified atom stereocenters. The lowest BCUT2D eigenvalue weighted by atomic mass is 9.99. The summed E-state index contributed by atoms with van der Waals surface area (Å²) < 4.78 is 5.61. The fourth-order valence-corrected chi connectivity index (χ4v) is 2.82. The molecule has 0 saturated carbocycles. The highest BCUT2D eigenvalue weighted by molar-refractivity contribution is 6.01. The zero-order valence-electron chi connectivity index (χ0n) is 11.5. The number of amides is 2. The Labute approximate surface area is 117 Å². The molecule has 1 fully saturated rings. The Balaban J connectivity index is 1.77. The summed E-state index contributed by atoms with van der Waals surface area (Å²) in [5.74, 6) is 0.673. The molecule has 106 valence electrons. The number of hydrogen-bond donors (Lipinski definition) is 1. The van der Waals surface area contributed by atoms with Crippen LogP contribution in [-0.2, 0) is 9.59 Å². The molecule has 5 nitrogen and oxygen atoms in total. The van der Waals surface area contributed by atoms with Gasteiger partial charge in [0.1, 0.15) is 5.75 Å². The van der Waals surface area contributed by atoms with Gasteiger partial charge < -0.3 is 4.74 Å². The summed E-state index contributed by atoms with van der Waals surface area (Å²) in [5, 5.41) is 2.97. The van der Waals surface area contributed by atoms with E-state index in [1.165, 1.54) is 4.90 Å². The minimum Gasteiger partial charge on any atom is -0.493 e. The Kier molecular flexibility index (Phi) is 3.44. The van der Waals surface area contributed by atoms with Gasteiger partial charge in [0.2, 0.25) is 11.8 Å². The lowest BCUT2D eigenvalue weighted by Crippen LogP contribution is -2.58. The van der Waals surface area contributed by atoms with Crippen molar-refractivity contribution in [3.05, 3.63) is 29.8 Å². The van der Waals surface area contributed by atoms with Gasteiger partial charge in [0.15, 0.2) is 0 Å². The van der Waals surface area contributed by atoms with Crippen molar-refractivity contribution >= 4 is 11.8 Å². The van der Waals surface area contributed by atoms with Gasteiger partial charge in [-0.3, -0.25) is 19.8 Å². The van der Waals surface area contributed by atoms with Crippen molar-refractivity contribution in [1.29, 1.82) is 0 Å². The van der Waals surface area contributed by atoms with Crippen LogP contribution in [0.25, 0.3) is 0 Å². The molecule has 20 heavy (non-hydrogen) atoms. The van der Waals surface area contributed by atoms with Crippen LogP contribution in [0.15, 0.2) is 24.3 Å². The molecular weight excluding hydrogens is 256 g/mol.